The highest BCUT2D eigenvalue weighted by Crippen LogP contribution is 2.26. The minimum absolute atomic E-state index is 0.258. The number of rotatable bonds is 3. The van der Waals surface area contributed by atoms with Crippen LogP contribution in [0.25, 0.3) is 0 Å². The number of furan rings is 1. The Labute approximate surface area is 103 Å². The summed E-state index contributed by atoms with van der Waals surface area (Å²) in [5.41, 5.74) is 3.58. The lowest BCUT2D eigenvalue weighted by Crippen LogP contribution is -2.28. The fourth-order valence-electron chi connectivity index (χ4n) is 1.51. The van der Waals surface area contributed by atoms with Crippen molar-refractivity contribution in [2.75, 3.05) is 0 Å². The molecule has 1 heterocycles. The molecule has 1 aromatic carbocycles. The Bertz CT molecular complexity index is 484. The normalized spacial score (nSPS) is 12.7. The zero-order chi connectivity index (χ0) is 11.5. The van der Waals surface area contributed by atoms with E-state index in [1.165, 1.54) is 0 Å². The average molecular weight is 257 g/mol. The first-order valence-electron chi connectivity index (χ1n) is 4.67. The van der Waals surface area contributed by atoms with E-state index in [0.717, 1.165) is 5.56 Å². The second-order valence-electron chi connectivity index (χ2n) is 3.30. The summed E-state index contributed by atoms with van der Waals surface area (Å²) in [4.78, 5) is 0. The van der Waals surface area contributed by atoms with E-state index in [9.17, 15) is 0 Å². The van der Waals surface area contributed by atoms with Crippen LogP contribution in [0.2, 0.25) is 10.2 Å². The molecule has 0 bridgehead atoms. The number of halogens is 2. The highest BCUT2D eigenvalue weighted by Gasteiger charge is 2.16. The number of benzene rings is 1. The number of nitrogens with one attached hydrogen (secondary N) is 1. The third-order valence-corrected chi connectivity index (χ3v) is 2.67. The van der Waals surface area contributed by atoms with Crippen molar-refractivity contribution < 1.29 is 4.42 Å². The van der Waals surface area contributed by atoms with Crippen LogP contribution in [-0.2, 0) is 0 Å². The van der Waals surface area contributed by atoms with Crippen molar-refractivity contribution in [2.24, 2.45) is 5.84 Å². The molecule has 0 spiro atoms. The van der Waals surface area contributed by atoms with E-state index in [4.69, 9.17) is 33.5 Å². The lowest BCUT2D eigenvalue weighted by molar-refractivity contribution is 0.453. The number of hydrazine groups is 1. The van der Waals surface area contributed by atoms with E-state index in [1.807, 2.05) is 18.2 Å². The van der Waals surface area contributed by atoms with Crippen LogP contribution in [0, 0.1) is 0 Å². The predicted molar refractivity (Wildman–Crippen MR) is 64.3 cm³/mol. The van der Waals surface area contributed by atoms with Crippen molar-refractivity contribution in [3.63, 3.8) is 0 Å². The van der Waals surface area contributed by atoms with Crippen LogP contribution >= 0.6 is 23.2 Å². The van der Waals surface area contributed by atoms with Gasteiger partial charge in [-0.3, -0.25) is 5.84 Å². The first-order chi connectivity index (χ1) is 7.70. The van der Waals surface area contributed by atoms with Crippen molar-refractivity contribution in [3.05, 3.63) is 58.0 Å². The van der Waals surface area contributed by atoms with Crippen LogP contribution in [-0.4, -0.2) is 0 Å². The van der Waals surface area contributed by atoms with Crippen LogP contribution in [0.3, 0.4) is 0 Å². The van der Waals surface area contributed by atoms with Gasteiger partial charge < -0.3 is 4.42 Å². The molecule has 0 aliphatic heterocycles. The standard InChI is InChI=1S/C11H10Cl2N2O/c12-8-3-1-2-7(6-8)11(15-14)9-4-5-10(13)16-9/h1-6,11,15H,14H2. The van der Waals surface area contributed by atoms with Gasteiger partial charge in [0.1, 0.15) is 11.8 Å². The summed E-state index contributed by atoms with van der Waals surface area (Å²) in [6, 6.07) is 10.6. The molecule has 0 radical (unpaired) electrons. The maximum atomic E-state index is 5.91. The van der Waals surface area contributed by atoms with Gasteiger partial charge in [0.25, 0.3) is 0 Å². The summed E-state index contributed by atoms with van der Waals surface area (Å²) in [7, 11) is 0. The summed E-state index contributed by atoms with van der Waals surface area (Å²) in [6.45, 7) is 0. The summed E-state index contributed by atoms with van der Waals surface area (Å²) < 4.78 is 5.31. The van der Waals surface area contributed by atoms with Gasteiger partial charge in [-0.2, -0.15) is 0 Å². The molecule has 0 saturated heterocycles. The molecule has 84 valence electrons. The molecular formula is C11H10Cl2N2O. The molecule has 0 fully saturated rings. The summed E-state index contributed by atoms with van der Waals surface area (Å²) in [5, 5.41) is 0.979. The second kappa shape index (κ2) is 4.89. The van der Waals surface area contributed by atoms with Crippen LogP contribution in [0.4, 0.5) is 0 Å². The Kier molecular flexibility index (Phi) is 3.51. The molecule has 1 unspecified atom stereocenters. The molecule has 0 amide bonds. The van der Waals surface area contributed by atoms with Gasteiger partial charge in [0.05, 0.1) is 0 Å². The molecule has 3 nitrogen and oxygen atoms in total. The van der Waals surface area contributed by atoms with Crippen LogP contribution in [0.5, 0.6) is 0 Å². The van der Waals surface area contributed by atoms with Gasteiger partial charge >= 0.3 is 0 Å². The third kappa shape index (κ3) is 2.39. The Balaban J connectivity index is 2.36. The van der Waals surface area contributed by atoms with E-state index in [2.05, 4.69) is 5.43 Å². The molecule has 3 N–H and O–H groups in total. The van der Waals surface area contributed by atoms with Crippen molar-refractivity contribution in [1.82, 2.24) is 5.43 Å². The fraction of sp³-hybridized carbons (Fsp3) is 0.0909. The molecular weight excluding hydrogens is 247 g/mol. The zero-order valence-corrected chi connectivity index (χ0v) is 9.79. The smallest absolute Gasteiger partial charge is 0.193 e. The lowest BCUT2D eigenvalue weighted by Gasteiger charge is -2.13. The van der Waals surface area contributed by atoms with Gasteiger partial charge in [0.2, 0.25) is 0 Å². The zero-order valence-electron chi connectivity index (χ0n) is 8.28. The van der Waals surface area contributed by atoms with Gasteiger partial charge in [-0.15, -0.1) is 0 Å². The lowest BCUT2D eigenvalue weighted by atomic mass is 10.1. The molecule has 5 heteroatoms. The number of hydrogen-bond acceptors (Lipinski definition) is 3. The van der Waals surface area contributed by atoms with Crippen LogP contribution in [0.15, 0.2) is 40.8 Å². The number of nitrogens with two attached hydrogens (primary N) is 1. The quantitative estimate of drug-likeness (QED) is 0.656. The monoisotopic (exact) mass is 256 g/mol. The Morgan fingerprint density at radius 1 is 1.19 bits per heavy atom. The van der Waals surface area contributed by atoms with Crippen LogP contribution < -0.4 is 11.3 Å². The molecule has 0 aliphatic rings. The largest absolute Gasteiger partial charge is 0.448 e. The molecule has 0 aliphatic carbocycles. The fourth-order valence-corrected chi connectivity index (χ4v) is 1.86. The predicted octanol–water partition coefficient (Wildman–Crippen LogP) is 3.14. The summed E-state index contributed by atoms with van der Waals surface area (Å²) >= 11 is 11.6. The van der Waals surface area contributed by atoms with Crippen molar-refractivity contribution in [1.29, 1.82) is 0 Å². The SMILES string of the molecule is NNC(c1cccc(Cl)c1)c1ccc(Cl)o1. The summed E-state index contributed by atoms with van der Waals surface area (Å²) in [6.07, 6.45) is 0. The van der Waals surface area contributed by atoms with E-state index in [0.29, 0.717) is 16.0 Å². The van der Waals surface area contributed by atoms with Gasteiger partial charge in [-0.1, -0.05) is 23.7 Å². The van der Waals surface area contributed by atoms with Gasteiger partial charge in [-0.25, -0.2) is 5.43 Å². The van der Waals surface area contributed by atoms with Crippen LogP contribution in [0.1, 0.15) is 17.4 Å². The highest BCUT2D eigenvalue weighted by atomic mass is 35.5. The van der Waals surface area contributed by atoms with Crippen molar-refractivity contribution >= 4 is 23.2 Å². The van der Waals surface area contributed by atoms with Gasteiger partial charge in [0, 0.05) is 5.02 Å². The van der Waals surface area contributed by atoms with Crippen molar-refractivity contribution in [3.8, 4) is 0 Å². The molecule has 0 saturated carbocycles. The van der Waals surface area contributed by atoms with Crippen molar-refractivity contribution in [2.45, 2.75) is 6.04 Å². The highest BCUT2D eigenvalue weighted by molar-refractivity contribution is 6.30. The molecule has 2 rings (SSSR count). The molecule has 1 aromatic heterocycles. The van der Waals surface area contributed by atoms with E-state index < -0.39 is 0 Å². The molecule has 1 atom stereocenters. The minimum Gasteiger partial charge on any atom is -0.448 e. The molecule has 2 aromatic rings. The molecule has 16 heavy (non-hydrogen) atoms. The Morgan fingerprint density at radius 2 is 2.00 bits per heavy atom. The maximum absolute atomic E-state index is 5.91. The second-order valence-corrected chi connectivity index (χ2v) is 4.11. The maximum Gasteiger partial charge on any atom is 0.193 e. The van der Waals surface area contributed by atoms with E-state index in [1.54, 1.807) is 18.2 Å². The van der Waals surface area contributed by atoms with Gasteiger partial charge in [-0.05, 0) is 41.4 Å². The van der Waals surface area contributed by atoms with E-state index in [-0.39, 0.29) is 6.04 Å². The van der Waals surface area contributed by atoms with E-state index >= 15 is 0 Å². The first kappa shape index (κ1) is 11.5. The first-order valence-corrected chi connectivity index (χ1v) is 5.43. The average Bonchev–Trinajstić information content (AvgIpc) is 2.66. The summed E-state index contributed by atoms with van der Waals surface area (Å²) in [5.74, 6) is 6.15. The number of hydrogen-bond donors (Lipinski definition) is 2. The topological polar surface area (TPSA) is 51.2 Å². The Hall–Kier alpha value is -1.00. The Morgan fingerprint density at radius 3 is 2.56 bits per heavy atom. The van der Waals surface area contributed by atoms with Gasteiger partial charge in [0.15, 0.2) is 5.22 Å². The minimum atomic E-state index is -0.258. The third-order valence-electron chi connectivity index (χ3n) is 2.23.